The zero-order valence-electron chi connectivity index (χ0n) is 14.1. The zero-order valence-corrected chi connectivity index (χ0v) is 14.9. The third-order valence-corrected chi connectivity index (χ3v) is 4.34. The number of aromatic nitrogens is 1. The summed E-state index contributed by atoms with van der Waals surface area (Å²) in [5.41, 5.74) is 13.2. The summed E-state index contributed by atoms with van der Waals surface area (Å²) in [5.74, 6) is 0.575. The van der Waals surface area contributed by atoms with Gasteiger partial charge in [0.05, 0.1) is 18.1 Å². The van der Waals surface area contributed by atoms with Crippen LogP contribution in [0.5, 0.6) is 0 Å². The second-order valence-corrected chi connectivity index (χ2v) is 7.48. The molecule has 0 aliphatic carbocycles. The molecule has 2 heterocycles. The van der Waals surface area contributed by atoms with E-state index in [0.29, 0.717) is 18.1 Å². The van der Waals surface area contributed by atoms with E-state index >= 15 is 0 Å². The van der Waals surface area contributed by atoms with Gasteiger partial charge in [0, 0.05) is 18.1 Å². The van der Waals surface area contributed by atoms with Crippen LogP contribution in [0.3, 0.4) is 0 Å². The van der Waals surface area contributed by atoms with Crippen molar-refractivity contribution in [1.82, 2.24) is 4.98 Å². The maximum atomic E-state index is 9.19. The number of nitrogens with two attached hydrogens (primary N) is 2. The molecule has 1 atom stereocenters. The third-order valence-electron chi connectivity index (χ3n) is 4.34. The molecule has 1 aromatic rings. The topological polar surface area (TPSA) is 123 Å². The van der Waals surface area contributed by atoms with Crippen molar-refractivity contribution < 1.29 is 13.0 Å². The molecule has 0 aromatic carbocycles. The quantitative estimate of drug-likeness (QED) is 0.712. The van der Waals surface area contributed by atoms with Gasteiger partial charge >= 0.3 is 0 Å². The summed E-state index contributed by atoms with van der Waals surface area (Å²) in [6.07, 6.45) is 6.93. The minimum Gasteiger partial charge on any atom is -0.384 e. The fourth-order valence-electron chi connectivity index (χ4n) is 3.11. The van der Waals surface area contributed by atoms with E-state index in [2.05, 4.69) is 29.8 Å². The molecule has 23 heavy (non-hydrogen) atoms. The third kappa shape index (κ3) is 5.96. The Kier molecular flexibility index (Phi) is 6.79. The number of nitrogens with zero attached hydrogens (tertiary/aromatic N) is 2. The van der Waals surface area contributed by atoms with E-state index in [1.807, 2.05) is 12.3 Å². The normalized spacial score (nSPS) is 20.6. The fraction of sp³-hybridized carbons (Fsp3) is 0.667. The molecule has 1 unspecified atom stereocenters. The second-order valence-electron chi connectivity index (χ2n) is 6.01. The van der Waals surface area contributed by atoms with Crippen molar-refractivity contribution in [2.45, 2.75) is 51.1 Å². The Morgan fingerprint density at radius 2 is 1.96 bits per heavy atom. The molecule has 7 nitrogen and oxygen atoms in total. The van der Waals surface area contributed by atoms with Gasteiger partial charge in [-0.3, -0.25) is 4.55 Å². The Hall–Kier alpha value is -1.38. The lowest BCUT2D eigenvalue weighted by Gasteiger charge is -2.50. The molecule has 0 bridgehead atoms. The smallest absolute Gasteiger partial charge is 0.261 e. The monoisotopic (exact) mass is 344 g/mol. The van der Waals surface area contributed by atoms with E-state index in [0.717, 1.165) is 32.2 Å². The van der Waals surface area contributed by atoms with E-state index in [-0.39, 0.29) is 5.54 Å². The van der Waals surface area contributed by atoms with Gasteiger partial charge in [-0.25, -0.2) is 4.98 Å². The molecule has 0 saturated carbocycles. The number of nitrogen functional groups attached to an aromatic ring is 1. The Morgan fingerprint density at radius 1 is 1.39 bits per heavy atom. The molecule has 8 heteroatoms. The van der Waals surface area contributed by atoms with Crippen molar-refractivity contribution in [3.8, 4) is 0 Å². The summed E-state index contributed by atoms with van der Waals surface area (Å²) in [6.45, 7) is 5.51. The van der Waals surface area contributed by atoms with Crippen LogP contribution in [0.15, 0.2) is 18.3 Å². The van der Waals surface area contributed by atoms with Crippen LogP contribution in [0.2, 0.25) is 0 Å². The van der Waals surface area contributed by atoms with Gasteiger partial charge in [-0.15, -0.1) is 0 Å². The molecule has 1 aromatic heterocycles. The Labute approximate surface area is 138 Å². The first kappa shape index (κ1) is 19.7. The van der Waals surface area contributed by atoms with Crippen LogP contribution in [-0.2, 0) is 10.1 Å². The second kappa shape index (κ2) is 7.94. The SMILES string of the molecule is CCC1(CC)CC(N)CCN1c1ccc(N)nc1.CS(=O)(=O)O. The predicted molar refractivity (Wildman–Crippen MR) is 94.0 cm³/mol. The van der Waals surface area contributed by atoms with Crippen LogP contribution in [0.1, 0.15) is 39.5 Å². The highest BCUT2D eigenvalue weighted by atomic mass is 32.2. The van der Waals surface area contributed by atoms with Gasteiger partial charge in [0.1, 0.15) is 5.82 Å². The molecule has 0 radical (unpaired) electrons. The van der Waals surface area contributed by atoms with Crippen LogP contribution in [0, 0.1) is 0 Å². The van der Waals surface area contributed by atoms with Crippen LogP contribution in [0.4, 0.5) is 11.5 Å². The molecule has 5 N–H and O–H groups in total. The van der Waals surface area contributed by atoms with Crippen LogP contribution in [-0.4, -0.2) is 42.3 Å². The standard InChI is InChI=1S/C14H24N4.CH4O3S/c1-3-14(4-2)9-11(15)7-8-18(14)12-5-6-13(16)17-10-12;1-5(2,3)4/h5-6,10-11H,3-4,7-9,15H2,1-2H3,(H2,16,17);1H3,(H,2,3,4). The molecule has 0 amide bonds. The number of anilines is 2. The number of rotatable bonds is 3. The Bertz CT molecular complexity index is 577. The number of hydrogen-bond acceptors (Lipinski definition) is 6. The molecule has 0 spiro atoms. The summed E-state index contributed by atoms with van der Waals surface area (Å²) in [7, 11) is -3.67. The maximum Gasteiger partial charge on any atom is 0.261 e. The summed E-state index contributed by atoms with van der Waals surface area (Å²) in [6, 6.07) is 4.27. The van der Waals surface area contributed by atoms with E-state index in [4.69, 9.17) is 16.0 Å². The molecule has 1 aliphatic rings. The van der Waals surface area contributed by atoms with Crippen molar-refractivity contribution in [3.63, 3.8) is 0 Å². The fourth-order valence-corrected chi connectivity index (χ4v) is 3.11. The van der Waals surface area contributed by atoms with Gasteiger partial charge in [0.15, 0.2) is 0 Å². The Morgan fingerprint density at radius 3 is 2.39 bits per heavy atom. The van der Waals surface area contributed by atoms with Gasteiger partial charge in [-0.05, 0) is 37.8 Å². The molecule has 1 saturated heterocycles. The minimum atomic E-state index is -3.67. The minimum absolute atomic E-state index is 0.176. The van der Waals surface area contributed by atoms with Gasteiger partial charge in [-0.1, -0.05) is 13.8 Å². The zero-order chi connectivity index (χ0) is 17.7. The summed E-state index contributed by atoms with van der Waals surface area (Å²) < 4.78 is 25.9. The molecule has 132 valence electrons. The highest BCUT2D eigenvalue weighted by molar-refractivity contribution is 7.85. The molecular formula is C15H28N4O3S. The number of hydrogen-bond donors (Lipinski definition) is 3. The summed E-state index contributed by atoms with van der Waals surface area (Å²) in [4.78, 5) is 6.69. The first-order chi connectivity index (χ1) is 10.6. The molecule has 1 fully saturated rings. The first-order valence-electron chi connectivity index (χ1n) is 7.78. The van der Waals surface area contributed by atoms with Crippen LogP contribution >= 0.6 is 0 Å². The average molecular weight is 344 g/mol. The van der Waals surface area contributed by atoms with Crippen molar-refractivity contribution in [3.05, 3.63) is 18.3 Å². The van der Waals surface area contributed by atoms with E-state index in [1.54, 1.807) is 0 Å². The van der Waals surface area contributed by atoms with E-state index < -0.39 is 10.1 Å². The van der Waals surface area contributed by atoms with Gasteiger partial charge in [0.2, 0.25) is 0 Å². The lowest BCUT2D eigenvalue weighted by atomic mass is 9.79. The van der Waals surface area contributed by atoms with Crippen molar-refractivity contribution in [1.29, 1.82) is 0 Å². The molecular weight excluding hydrogens is 316 g/mol. The summed E-state index contributed by atoms with van der Waals surface area (Å²) >= 11 is 0. The van der Waals surface area contributed by atoms with Crippen LogP contribution in [0.25, 0.3) is 0 Å². The van der Waals surface area contributed by atoms with E-state index in [1.165, 1.54) is 5.69 Å². The van der Waals surface area contributed by atoms with Crippen molar-refractivity contribution in [2.75, 3.05) is 23.4 Å². The highest BCUT2D eigenvalue weighted by Gasteiger charge is 2.38. The molecule has 2 rings (SSSR count). The molecule has 1 aliphatic heterocycles. The number of piperidine rings is 1. The van der Waals surface area contributed by atoms with Gasteiger partial charge in [-0.2, -0.15) is 8.42 Å². The lowest BCUT2D eigenvalue weighted by molar-refractivity contribution is 0.264. The highest BCUT2D eigenvalue weighted by Crippen LogP contribution is 2.37. The lowest BCUT2D eigenvalue weighted by Crippen LogP contribution is -2.56. The predicted octanol–water partition coefficient (Wildman–Crippen LogP) is 1.65. The maximum absolute atomic E-state index is 9.19. The van der Waals surface area contributed by atoms with Crippen LogP contribution < -0.4 is 16.4 Å². The average Bonchev–Trinajstić information content (AvgIpc) is 2.46. The summed E-state index contributed by atoms with van der Waals surface area (Å²) in [5, 5.41) is 0. The van der Waals surface area contributed by atoms with Gasteiger partial charge in [0.25, 0.3) is 10.1 Å². The first-order valence-corrected chi connectivity index (χ1v) is 9.63. The largest absolute Gasteiger partial charge is 0.384 e. The number of pyridine rings is 1. The van der Waals surface area contributed by atoms with E-state index in [9.17, 15) is 8.42 Å². The Balaban J connectivity index is 0.000000463. The van der Waals surface area contributed by atoms with Crippen molar-refractivity contribution in [2.24, 2.45) is 5.73 Å². The van der Waals surface area contributed by atoms with Crippen molar-refractivity contribution >= 4 is 21.6 Å². The van der Waals surface area contributed by atoms with Gasteiger partial charge < -0.3 is 16.4 Å².